The molecule has 5 nitrogen and oxygen atoms in total. The van der Waals surface area contributed by atoms with Crippen LogP contribution in [0.15, 0.2) is 60.8 Å². The number of likely N-dealkylation sites (N-methyl/N-ethyl adjacent to an activating group) is 1. The second-order valence-electron chi connectivity index (χ2n) is 7.49. The van der Waals surface area contributed by atoms with Gasteiger partial charge in [0.1, 0.15) is 5.69 Å². The van der Waals surface area contributed by atoms with Crippen LogP contribution >= 0.6 is 0 Å². The Kier molecular flexibility index (Phi) is 6.17. The molecule has 0 saturated heterocycles. The quantitative estimate of drug-likeness (QED) is 0.688. The highest BCUT2D eigenvalue weighted by Gasteiger charge is 2.19. The summed E-state index contributed by atoms with van der Waals surface area (Å²) in [6.45, 7) is 6.57. The molecule has 3 aromatic rings. The maximum Gasteiger partial charge on any atom is 0.270 e. The standard InChI is InChI=1S/C24H27N3O2/c1-17-13-18(2)23(19(3)14-17)25-22(28)16-26(4)24(29)21-11-8-12-27(21)15-20-9-6-5-7-10-20/h5-14H,15-16H2,1-4H3,(H,25,28). The highest BCUT2D eigenvalue weighted by molar-refractivity contribution is 5.99. The first kappa shape index (κ1) is 20.4. The monoisotopic (exact) mass is 389 g/mol. The Hall–Kier alpha value is -3.34. The van der Waals surface area contributed by atoms with E-state index in [1.54, 1.807) is 13.1 Å². The van der Waals surface area contributed by atoms with E-state index in [2.05, 4.69) is 5.32 Å². The molecule has 1 N–H and O–H groups in total. The molecule has 0 aliphatic rings. The molecule has 3 rings (SSSR count). The minimum atomic E-state index is -0.211. The number of anilines is 1. The third-order valence-corrected chi connectivity index (χ3v) is 4.91. The lowest BCUT2D eigenvalue weighted by atomic mass is 10.1. The van der Waals surface area contributed by atoms with E-state index in [-0.39, 0.29) is 18.4 Å². The Morgan fingerprint density at radius 3 is 2.28 bits per heavy atom. The highest BCUT2D eigenvalue weighted by atomic mass is 16.2. The van der Waals surface area contributed by atoms with E-state index in [1.165, 1.54) is 4.90 Å². The third-order valence-electron chi connectivity index (χ3n) is 4.91. The lowest BCUT2D eigenvalue weighted by Crippen LogP contribution is -2.36. The van der Waals surface area contributed by atoms with Crippen LogP contribution in [-0.4, -0.2) is 34.9 Å². The average molecular weight is 389 g/mol. The Morgan fingerprint density at radius 2 is 1.62 bits per heavy atom. The van der Waals surface area contributed by atoms with Crippen LogP contribution in [0, 0.1) is 20.8 Å². The molecule has 0 saturated carbocycles. The zero-order chi connectivity index (χ0) is 21.0. The van der Waals surface area contributed by atoms with Crippen molar-refractivity contribution in [1.82, 2.24) is 9.47 Å². The fourth-order valence-electron chi connectivity index (χ4n) is 3.57. The van der Waals surface area contributed by atoms with Crippen molar-refractivity contribution in [3.8, 4) is 0 Å². The predicted octanol–water partition coefficient (Wildman–Crippen LogP) is 4.17. The van der Waals surface area contributed by atoms with Gasteiger partial charge in [-0.2, -0.15) is 0 Å². The van der Waals surface area contributed by atoms with Crippen molar-refractivity contribution >= 4 is 17.5 Å². The van der Waals surface area contributed by atoms with Gasteiger partial charge in [0.2, 0.25) is 5.91 Å². The van der Waals surface area contributed by atoms with E-state index in [0.29, 0.717) is 12.2 Å². The van der Waals surface area contributed by atoms with Gasteiger partial charge in [-0.3, -0.25) is 9.59 Å². The van der Waals surface area contributed by atoms with E-state index in [0.717, 1.165) is 27.9 Å². The van der Waals surface area contributed by atoms with Gasteiger partial charge in [0.15, 0.2) is 0 Å². The van der Waals surface area contributed by atoms with Gasteiger partial charge in [-0.05, 0) is 49.6 Å². The van der Waals surface area contributed by atoms with E-state index in [4.69, 9.17) is 0 Å². The van der Waals surface area contributed by atoms with Crippen molar-refractivity contribution in [2.45, 2.75) is 27.3 Å². The van der Waals surface area contributed by atoms with Crippen molar-refractivity contribution in [3.63, 3.8) is 0 Å². The molecule has 2 amide bonds. The molecule has 0 atom stereocenters. The van der Waals surface area contributed by atoms with Crippen molar-refractivity contribution in [3.05, 3.63) is 88.7 Å². The number of carbonyl (C=O) groups excluding carboxylic acids is 2. The summed E-state index contributed by atoms with van der Waals surface area (Å²) in [4.78, 5) is 26.9. The number of nitrogens with one attached hydrogen (secondary N) is 1. The smallest absolute Gasteiger partial charge is 0.270 e. The Bertz CT molecular complexity index is 999. The molecule has 0 aliphatic carbocycles. The van der Waals surface area contributed by atoms with Crippen LogP contribution in [-0.2, 0) is 11.3 Å². The molecule has 1 aromatic heterocycles. The number of benzene rings is 2. The van der Waals surface area contributed by atoms with Gasteiger partial charge in [0.25, 0.3) is 5.91 Å². The number of aryl methyl sites for hydroxylation is 3. The summed E-state index contributed by atoms with van der Waals surface area (Å²) in [6, 6.07) is 17.7. The SMILES string of the molecule is Cc1cc(C)c(NC(=O)CN(C)C(=O)c2cccn2Cc2ccccc2)c(C)c1. The molecule has 2 aromatic carbocycles. The Balaban J connectivity index is 1.67. The molecule has 5 heteroatoms. The number of aromatic nitrogens is 1. The molecular formula is C24H27N3O2. The van der Waals surface area contributed by atoms with E-state index >= 15 is 0 Å². The second kappa shape index (κ2) is 8.78. The van der Waals surface area contributed by atoms with E-state index in [1.807, 2.05) is 80.1 Å². The van der Waals surface area contributed by atoms with E-state index in [9.17, 15) is 9.59 Å². The van der Waals surface area contributed by atoms with Gasteiger partial charge >= 0.3 is 0 Å². The first-order valence-corrected chi connectivity index (χ1v) is 9.67. The molecule has 0 unspecified atom stereocenters. The Labute approximate surface area is 172 Å². The molecule has 0 spiro atoms. The molecule has 150 valence electrons. The number of amides is 2. The number of carbonyl (C=O) groups is 2. The molecule has 0 aliphatic heterocycles. The van der Waals surface area contributed by atoms with Gasteiger partial charge in [-0.1, -0.05) is 48.0 Å². The lowest BCUT2D eigenvalue weighted by Gasteiger charge is -2.19. The topological polar surface area (TPSA) is 54.3 Å². The minimum absolute atomic E-state index is 0.0118. The predicted molar refractivity (Wildman–Crippen MR) is 116 cm³/mol. The Morgan fingerprint density at radius 1 is 0.966 bits per heavy atom. The van der Waals surface area contributed by atoms with Crippen LogP contribution < -0.4 is 5.32 Å². The highest BCUT2D eigenvalue weighted by Crippen LogP contribution is 2.22. The van der Waals surface area contributed by atoms with Gasteiger partial charge in [0.05, 0.1) is 6.54 Å². The van der Waals surface area contributed by atoms with Crippen LogP contribution in [0.5, 0.6) is 0 Å². The molecule has 1 heterocycles. The van der Waals surface area contributed by atoms with Gasteiger partial charge in [-0.15, -0.1) is 0 Å². The maximum atomic E-state index is 12.9. The summed E-state index contributed by atoms with van der Waals surface area (Å²) in [5.41, 5.74) is 5.68. The summed E-state index contributed by atoms with van der Waals surface area (Å²) in [5.74, 6) is -0.393. The number of nitrogens with zero attached hydrogens (tertiary/aromatic N) is 2. The number of hydrogen-bond acceptors (Lipinski definition) is 2. The first-order chi connectivity index (χ1) is 13.8. The second-order valence-corrected chi connectivity index (χ2v) is 7.49. The maximum absolute atomic E-state index is 12.9. The van der Waals surface area contributed by atoms with E-state index < -0.39 is 0 Å². The summed E-state index contributed by atoms with van der Waals surface area (Å²) >= 11 is 0. The van der Waals surface area contributed by atoms with Gasteiger partial charge in [-0.25, -0.2) is 0 Å². The normalized spacial score (nSPS) is 10.6. The van der Waals surface area contributed by atoms with Gasteiger partial charge in [0, 0.05) is 25.5 Å². The van der Waals surface area contributed by atoms with Gasteiger partial charge < -0.3 is 14.8 Å². The van der Waals surface area contributed by atoms with Crippen LogP contribution in [0.3, 0.4) is 0 Å². The molecule has 0 fully saturated rings. The number of rotatable bonds is 6. The fraction of sp³-hybridized carbons (Fsp3) is 0.250. The summed E-state index contributed by atoms with van der Waals surface area (Å²) in [5, 5.41) is 2.95. The summed E-state index contributed by atoms with van der Waals surface area (Å²) in [7, 11) is 1.65. The summed E-state index contributed by atoms with van der Waals surface area (Å²) in [6.07, 6.45) is 1.88. The summed E-state index contributed by atoms with van der Waals surface area (Å²) < 4.78 is 1.90. The van der Waals surface area contributed by atoms with Crippen molar-refractivity contribution < 1.29 is 9.59 Å². The van der Waals surface area contributed by atoms with Crippen molar-refractivity contribution in [2.75, 3.05) is 18.9 Å². The average Bonchev–Trinajstić information content (AvgIpc) is 3.12. The van der Waals surface area contributed by atoms with Crippen molar-refractivity contribution in [1.29, 1.82) is 0 Å². The third kappa shape index (κ3) is 4.93. The molecular weight excluding hydrogens is 362 g/mol. The zero-order valence-corrected chi connectivity index (χ0v) is 17.4. The van der Waals surface area contributed by atoms with Crippen LogP contribution in [0.1, 0.15) is 32.7 Å². The molecule has 29 heavy (non-hydrogen) atoms. The number of hydrogen-bond donors (Lipinski definition) is 1. The fourth-order valence-corrected chi connectivity index (χ4v) is 3.57. The largest absolute Gasteiger partial charge is 0.339 e. The minimum Gasteiger partial charge on any atom is -0.339 e. The molecule has 0 radical (unpaired) electrons. The lowest BCUT2D eigenvalue weighted by molar-refractivity contribution is -0.116. The first-order valence-electron chi connectivity index (χ1n) is 9.67. The van der Waals surface area contributed by atoms with Crippen LogP contribution in [0.25, 0.3) is 0 Å². The zero-order valence-electron chi connectivity index (χ0n) is 17.4. The van der Waals surface area contributed by atoms with Crippen LogP contribution in [0.4, 0.5) is 5.69 Å². The van der Waals surface area contributed by atoms with Crippen molar-refractivity contribution in [2.24, 2.45) is 0 Å². The molecule has 0 bridgehead atoms. The van der Waals surface area contributed by atoms with Crippen LogP contribution in [0.2, 0.25) is 0 Å².